The predicted octanol–water partition coefficient (Wildman–Crippen LogP) is 5.10. The van der Waals surface area contributed by atoms with Gasteiger partial charge in [-0.15, -0.1) is 0 Å². The second kappa shape index (κ2) is 10.1. The summed E-state index contributed by atoms with van der Waals surface area (Å²) in [7, 11) is 4.40. The fourth-order valence-electron chi connectivity index (χ4n) is 4.40. The Balaban J connectivity index is 1.71. The fraction of sp³-hybridized carbons (Fsp3) is 0.222. The summed E-state index contributed by atoms with van der Waals surface area (Å²) in [4.78, 5) is 33.0. The maximum atomic E-state index is 13.5. The third-order valence-corrected chi connectivity index (χ3v) is 7.08. The minimum atomic E-state index is -1.07. The molecule has 2 aromatic carbocycles. The fourth-order valence-corrected chi connectivity index (χ4v) is 5.42. The van der Waals surface area contributed by atoms with Gasteiger partial charge in [0.05, 0.1) is 56.0 Å². The SMILES string of the molecule is CCOc1ccc2nc(N3C(=O)C(O)=C(C(=O)c4ccco4)[C@@H]3c3cc(OC)c(OC)c(OC)c3)sc2c1. The van der Waals surface area contributed by atoms with Gasteiger partial charge in [-0.2, -0.15) is 0 Å². The van der Waals surface area contributed by atoms with Crippen LogP contribution in [0.5, 0.6) is 23.0 Å². The maximum absolute atomic E-state index is 13.5. The summed E-state index contributed by atoms with van der Waals surface area (Å²) in [5.74, 6) is -0.496. The first-order valence-electron chi connectivity index (χ1n) is 11.6. The van der Waals surface area contributed by atoms with Gasteiger partial charge in [0.25, 0.3) is 5.91 Å². The third kappa shape index (κ3) is 4.10. The van der Waals surface area contributed by atoms with E-state index < -0.39 is 23.5 Å². The van der Waals surface area contributed by atoms with Gasteiger partial charge in [0.2, 0.25) is 11.5 Å². The van der Waals surface area contributed by atoms with Crippen LogP contribution < -0.4 is 23.8 Å². The molecule has 1 atom stereocenters. The first-order valence-corrected chi connectivity index (χ1v) is 12.4. The Labute approximate surface area is 221 Å². The van der Waals surface area contributed by atoms with Crippen LogP contribution in [0.15, 0.2) is 64.5 Å². The highest BCUT2D eigenvalue weighted by molar-refractivity contribution is 7.22. The van der Waals surface area contributed by atoms with E-state index in [9.17, 15) is 14.7 Å². The molecule has 0 bridgehead atoms. The van der Waals surface area contributed by atoms with Gasteiger partial charge >= 0.3 is 0 Å². The topological polar surface area (TPSA) is 121 Å². The zero-order valence-electron chi connectivity index (χ0n) is 21.0. The molecule has 0 unspecified atom stereocenters. The summed E-state index contributed by atoms with van der Waals surface area (Å²) in [6.07, 6.45) is 1.34. The molecule has 0 aliphatic carbocycles. The lowest BCUT2D eigenvalue weighted by atomic mass is 9.94. The van der Waals surface area contributed by atoms with Gasteiger partial charge < -0.3 is 28.5 Å². The van der Waals surface area contributed by atoms with Crippen LogP contribution in [0.2, 0.25) is 0 Å². The van der Waals surface area contributed by atoms with Crippen molar-refractivity contribution in [3.8, 4) is 23.0 Å². The number of methoxy groups -OCH3 is 3. The number of fused-ring (bicyclic) bond motifs is 1. The molecule has 1 aliphatic rings. The van der Waals surface area contributed by atoms with Gasteiger partial charge in [0.15, 0.2) is 28.1 Å². The Kier molecular flexibility index (Phi) is 6.68. The molecule has 2 aromatic heterocycles. The van der Waals surface area contributed by atoms with Crippen molar-refractivity contribution >= 4 is 38.4 Å². The zero-order valence-corrected chi connectivity index (χ0v) is 21.8. The number of hydrogen-bond donors (Lipinski definition) is 1. The van der Waals surface area contributed by atoms with Gasteiger partial charge in [0, 0.05) is 0 Å². The molecule has 0 spiro atoms. The van der Waals surface area contributed by atoms with Crippen molar-refractivity contribution in [2.45, 2.75) is 13.0 Å². The van der Waals surface area contributed by atoms with Crippen LogP contribution in [0.25, 0.3) is 10.2 Å². The van der Waals surface area contributed by atoms with Gasteiger partial charge in [-0.3, -0.25) is 14.5 Å². The minimum absolute atomic E-state index is 0.0238. The smallest absolute Gasteiger partial charge is 0.296 e. The summed E-state index contributed by atoms with van der Waals surface area (Å²) in [6, 6.07) is 10.6. The van der Waals surface area contributed by atoms with E-state index in [1.165, 1.54) is 49.9 Å². The molecule has 1 aliphatic heterocycles. The number of benzene rings is 2. The van der Waals surface area contributed by atoms with Crippen LogP contribution in [-0.4, -0.2) is 49.7 Å². The summed E-state index contributed by atoms with van der Waals surface area (Å²) < 4.78 is 28.1. The monoisotopic (exact) mass is 536 g/mol. The Hall–Kier alpha value is -4.51. The predicted molar refractivity (Wildman–Crippen MR) is 140 cm³/mol. The van der Waals surface area contributed by atoms with Crippen molar-refractivity contribution in [3.05, 3.63) is 71.4 Å². The van der Waals surface area contributed by atoms with Crippen LogP contribution in [-0.2, 0) is 4.79 Å². The zero-order chi connectivity index (χ0) is 27.0. The average Bonchev–Trinajstić information content (AvgIpc) is 3.66. The molecule has 196 valence electrons. The van der Waals surface area contributed by atoms with Crippen LogP contribution in [0.4, 0.5) is 5.13 Å². The van der Waals surface area contributed by atoms with Crippen LogP contribution in [0.3, 0.4) is 0 Å². The van der Waals surface area contributed by atoms with E-state index in [1.807, 2.05) is 13.0 Å². The first kappa shape index (κ1) is 25.2. The summed E-state index contributed by atoms with van der Waals surface area (Å²) in [5, 5.41) is 11.3. The van der Waals surface area contributed by atoms with Crippen LogP contribution in [0.1, 0.15) is 29.1 Å². The summed E-state index contributed by atoms with van der Waals surface area (Å²) in [5.41, 5.74) is 0.907. The number of nitrogens with zero attached hydrogens (tertiary/aromatic N) is 2. The maximum Gasteiger partial charge on any atom is 0.296 e. The van der Waals surface area contributed by atoms with Crippen LogP contribution in [0, 0.1) is 0 Å². The van der Waals surface area contributed by atoms with E-state index in [-0.39, 0.29) is 16.5 Å². The Morgan fingerprint density at radius 3 is 2.45 bits per heavy atom. The van der Waals surface area contributed by atoms with Crippen molar-refractivity contribution in [3.63, 3.8) is 0 Å². The molecule has 38 heavy (non-hydrogen) atoms. The number of aliphatic hydroxyl groups excluding tert-OH is 1. The second-order valence-electron chi connectivity index (χ2n) is 8.16. The molecule has 3 heterocycles. The Morgan fingerprint density at radius 1 is 1.11 bits per heavy atom. The summed E-state index contributed by atoms with van der Waals surface area (Å²) in [6.45, 7) is 2.39. The largest absolute Gasteiger partial charge is 0.503 e. The number of furan rings is 1. The lowest BCUT2D eigenvalue weighted by Gasteiger charge is -2.25. The van der Waals surface area contributed by atoms with Crippen molar-refractivity contribution in [2.24, 2.45) is 0 Å². The molecule has 5 rings (SSSR count). The van der Waals surface area contributed by atoms with Gasteiger partial charge in [-0.1, -0.05) is 11.3 Å². The highest BCUT2D eigenvalue weighted by atomic mass is 32.1. The molecular weight excluding hydrogens is 512 g/mol. The number of rotatable bonds is 9. The van der Waals surface area contributed by atoms with E-state index in [0.29, 0.717) is 40.7 Å². The lowest BCUT2D eigenvalue weighted by Crippen LogP contribution is -2.31. The number of hydrogen-bond acceptors (Lipinski definition) is 10. The molecule has 0 radical (unpaired) electrons. The normalized spacial score (nSPS) is 15.3. The third-order valence-electron chi connectivity index (χ3n) is 6.07. The highest BCUT2D eigenvalue weighted by Crippen LogP contribution is 2.48. The van der Waals surface area contributed by atoms with E-state index in [1.54, 1.807) is 30.3 Å². The number of carbonyl (C=O) groups is 2. The summed E-state index contributed by atoms with van der Waals surface area (Å²) >= 11 is 1.23. The highest BCUT2D eigenvalue weighted by Gasteiger charge is 2.47. The van der Waals surface area contributed by atoms with Crippen molar-refractivity contribution < 1.29 is 38.1 Å². The number of ketones is 1. The van der Waals surface area contributed by atoms with Gasteiger partial charge in [0.1, 0.15) is 5.75 Å². The number of aromatic nitrogens is 1. The molecule has 0 saturated carbocycles. The minimum Gasteiger partial charge on any atom is -0.503 e. The average molecular weight is 537 g/mol. The number of Topliss-reactive ketones (excluding diaryl/α,β-unsaturated/α-hetero) is 1. The van der Waals surface area contributed by atoms with E-state index in [4.69, 9.17) is 23.4 Å². The number of aliphatic hydroxyl groups is 1. The number of ether oxygens (including phenoxy) is 4. The second-order valence-corrected chi connectivity index (χ2v) is 9.17. The number of anilines is 1. The molecular formula is C27H24N2O8S. The standard InChI is InChI=1S/C27H24N2O8S/c1-5-36-15-8-9-16-20(13-15)38-27(28-16)29-22(14-11-18(33-2)25(35-4)19(12-14)34-3)21(24(31)26(29)32)23(30)17-7-6-10-37-17/h6-13,22,31H,5H2,1-4H3/t22-/m0/s1. The molecule has 1 N–H and O–H groups in total. The van der Waals surface area contributed by atoms with Crippen LogP contribution >= 0.6 is 11.3 Å². The molecule has 0 fully saturated rings. The van der Waals surface area contributed by atoms with Crippen molar-refractivity contribution in [2.75, 3.05) is 32.8 Å². The molecule has 11 heteroatoms. The van der Waals surface area contributed by atoms with Gasteiger partial charge in [-0.05, 0) is 55.0 Å². The molecule has 1 amide bonds. The lowest BCUT2D eigenvalue weighted by molar-refractivity contribution is -0.117. The Morgan fingerprint density at radius 2 is 1.84 bits per heavy atom. The van der Waals surface area contributed by atoms with E-state index in [2.05, 4.69) is 4.98 Å². The van der Waals surface area contributed by atoms with E-state index >= 15 is 0 Å². The number of amides is 1. The number of thiazole rings is 1. The first-order chi connectivity index (χ1) is 18.4. The van der Waals surface area contributed by atoms with Crippen molar-refractivity contribution in [1.82, 2.24) is 4.98 Å². The number of carbonyl (C=O) groups excluding carboxylic acids is 2. The van der Waals surface area contributed by atoms with E-state index in [0.717, 1.165) is 4.70 Å². The quantitative estimate of drug-likeness (QED) is 0.291. The Bertz CT molecular complexity index is 1530. The molecule has 0 saturated heterocycles. The molecule has 4 aromatic rings. The van der Waals surface area contributed by atoms with Gasteiger partial charge in [-0.25, -0.2) is 4.98 Å². The molecule has 10 nitrogen and oxygen atoms in total. The van der Waals surface area contributed by atoms with Crippen molar-refractivity contribution in [1.29, 1.82) is 0 Å².